The highest BCUT2D eigenvalue weighted by molar-refractivity contribution is 5.91. The smallest absolute Gasteiger partial charge is 0.343 e. The molecule has 0 spiro atoms. The molecule has 0 aliphatic rings. The molecule has 0 unspecified atom stereocenters. The standard InChI is InChI=1S/C20H24O3/c1-14(2)9-10-22-18-7-5-17(6-8-18)20(21)23-19-12-15(3)11-16(4)13-19/h5-8,11-14H,9-10H2,1-4H3. The average molecular weight is 312 g/mol. The van der Waals surface area contributed by atoms with Crippen molar-refractivity contribution >= 4 is 5.97 Å². The Morgan fingerprint density at radius 1 is 0.957 bits per heavy atom. The van der Waals surface area contributed by atoms with Gasteiger partial charge in [-0.1, -0.05) is 19.9 Å². The summed E-state index contributed by atoms with van der Waals surface area (Å²) in [6, 6.07) is 12.8. The number of aryl methyl sites for hydroxylation is 2. The van der Waals surface area contributed by atoms with E-state index in [-0.39, 0.29) is 5.97 Å². The van der Waals surface area contributed by atoms with E-state index in [4.69, 9.17) is 9.47 Å². The van der Waals surface area contributed by atoms with Gasteiger partial charge in [-0.3, -0.25) is 0 Å². The maximum Gasteiger partial charge on any atom is 0.343 e. The van der Waals surface area contributed by atoms with E-state index in [9.17, 15) is 4.79 Å². The molecule has 2 aromatic rings. The second-order valence-electron chi connectivity index (χ2n) is 6.27. The van der Waals surface area contributed by atoms with Gasteiger partial charge in [-0.2, -0.15) is 0 Å². The molecular weight excluding hydrogens is 288 g/mol. The lowest BCUT2D eigenvalue weighted by atomic mass is 10.1. The fourth-order valence-corrected chi connectivity index (χ4v) is 2.26. The van der Waals surface area contributed by atoms with Crippen molar-refractivity contribution in [2.24, 2.45) is 5.92 Å². The van der Waals surface area contributed by atoms with E-state index in [2.05, 4.69) is 13.8 Å². The number of ether oxygens (including phenoxy) is 2. The number of rotatable bonds is 6. The molecule has 0 bridgehead atoms. The van der Waals surface area contributed by atoms with Crippen LogP contribution in [0.2, 0.25) is 0 Å². The van der Waals surface area contributed by atoms with Crippen molar-refractivity contribution in [1.82, 2.24) is 0 Å². The normalized spacial score (nSPS) is 10.7. The number of carbonyl (C=O) groups excluding carboxylic acids is 1. The SMILES string of the molecule is Cc1cc(C)cc(OC(=O)c2ccc(OCCC(C)C)cc2)c1. The van der Waals surface area contributed by atoms with Gasteiger partial charge >= 0.3 is 5.97 Å². The van der Waals surface area contributed by atoms with Crippen LogP contribution in [0.5, 0.6) is 11.5 Å². The molecule has 3 heteroatoms. The Labute approximate surface area is 138 Å². The molecule has 0 radical (unpaired) electrons. The largest absolute Gasteiger partial charge is 0.494 e. The first-order chi connectivity index (χ1) is 10.9. The number of benzene rings is 2. The Morgan fingerprint density at radius 3 is 2.13 bits per heavy atom. The van der Waals surface area contributed by atoms with Crippen LogP contribution in [0.4, 0.5) is 0 Å². The second kappa shape index (κ2) is 7.82. The molecule has 122 valence electrons. The van der Waals surface area contributed by atoms with Crippen LogP contribution in [0.25, 0.3) is 0 Å². The maximum absolute atomic E-state index is 12.2. The molecule has 23 heavy (non-hydrogen) atoms. The zero-order chi connectivity index (χ0) is 16.8. The van der Waals surface area contributed by atoms with E-state index in [1.54, 1.807) is 24.3 Å². The lowest BCUT2D eigenvalue weighted by Crippen LogP contribution is -2.09. The first kappa shape index (κ1) is 17.1. The minimum absolute atomic E-state index is 0.358. The van der Waals surface area contributed by atoms with E-state index in [0.29, 0.717) is 23.8 Å². The monoisotopic (exact) mass is 312 g/mol. The molecule has 0 aliphatic carbocycles. The van der Waals surface area contributed by atoms with Gasteiger partial charge in [-0.25, -0.2) is 4.79 Å². The molecule has 0 aliphatic heterocycles. The third-order valence-corrected chi connectivity index (χ3v) is 3.46. The quantitative estimate of drug-likeness (QED) is 0.559. The molecule has 0 amide bonds. The molecule has 2 rings (SSSR count). The molecule has 3 nitrogen and oxygen atoms in total. The highest BCUT2D eigenvalue weighted by Crippen LogP contribution is 2.19. The van der Waals surface area contributed by atoms with Crippen molar-refractivity contribution in [1.29, 1.82) is 0 Å². The summed E-state index contributed by atoms with van der Waals surface area (Å²) in [5.74, 6) is 1.60. The fraction of sp³-hybridized carbons (Fsp3) is 0.350. The van der Waals surface area contributed by atoms with E-state index >= 15 is 0 Å². The summed E-state index contributed by atoms with van der Waals surface area (Å²) in [6.45, 7) is 8.97. The predicted octanol–water partition coefficient (Wildman–Crippen LogP) is 4.95. The average Bonchev–Trinajstić information content (AvgIpc) is 2.46. The van der Waals surface area contributed by atoms with Crippen LogP contribution in [0.1, 0.15) is 41.8 Å². The second-order valence-corrected chi connectivity index (χ2v) is 6.27. The van der Waals surface area contributed by atoms with Crippen LogP contribution in [0.3, 0.4) is 0 Å². The van der Waals surface area contributed by atoms with Crippen molar-refractivity contribution in [2.75, 3.05) is 6.61 Å². The Bertz CT molecular complexity index is 637. The first-order valence-corrected chi connectivity index (χ1v) is 7.97. The summed E-state index contributed by atoms with van der Waals surface area (Å²) >= 11 is 0. The summed E-state index contributed by atoms with van der Waals surface area (Å²) in [7, 11) is 0. The third kappa shape index (κ3) is 5.44. The summed E-state index contributed by atoms with van der Waals surface area (Å²) < 4.78 is 11.1. The van der Waals surface area contributed by atoms with Gasteiger partial charge in [-0.15, -0.1) is 0 Å². The zero-order valence-electron chi connectivity index (χ0n) is 14.3. The van der Waals surface area contributed by atoms with Gasteiger partial charge in [0.15, 0.2) is 0 Å². The number of hydrogen-bond acceptors (Lipinski definition) is 3. The Kier molecular flexibility index (Phi) is 5.80. The van der Waals surface area contributed by atoms with Crippen molar-refractivity contribution in [2.45, 2.75) is 34.1 Å². The van der Waals surface area contributed by atoms with Crippen LogP contribution in [0.15, 0.2) is 42.5 Å². The lowest BCUT2D eigenvalue weighted by Gasteiger charge is -2.09. The predicted molar refractivity (Wildman–Crippen MR) is 92.3 cm³/mol. The Morgan fingerprint density at radius 2 is 1.57 bits per heavy atom. The summed E-state index contributed by atoms with van der Waals surface area (Å²) in [6.07, 6.45) is 1.01. The topological polar surface area (TPSA) is 35.5 Å². The van der Waals surface area contributed by atoms with Crippen LogP contribution in [-0.4, -0.2) is 12.6 Å². The van der Waals surface area contributed by atoms with Gasteiger partial charge in [0.25, 0.3) is 0 Å². The van der Waals surface area contributed by atoms with Crippen molar-refractivity contribution in [3.63, 3.8) is 0 Å². The van der Waals surface area contributed by atoms with Gasteiger partial charge in [0.2, 0.25) is 0 Å². The van der Waals surface area contributed by atoms with Gasteiger partial charge in [0, 0.05) is 0 Å². The molecule has 0 N–H and O–H groups in total. The van der Waals surface area contributed by atoms with E-state index in [1.807, 2.05) is 32.0 Å². The van der Waals surface area contributed by atoms with Crippen molar-refractivity contribution < 1.29 is 14.3 Å². The number of hydrogen-bond donors (Lipinski definition) is 0. The van der Waals surface area contributed by atoms with Crippen molar-refractivity contribution in [3.8, 4) is 11.5 Å². The lowest BCUT2D eigenvalue weighted by molar-refractivity contribution is 0.0734. The van der Waals surface area contributed by atoms with E-state index < -0.39 is 0 Å². The van der Waals surface area contributed by atoms with Gasteiger partial charge in [0.1, 0.15) is 11.5 Å². The number of esters is 1. The summed E-state index contributed by atoms with van der Waals surface area (Å²) in [4.78, 5) is 12.2. The van der Waals surface area contributed by atoms with Crippen LogP contribution in [0, 0.1) is 19.8 Å². The van der Waals surface area contributed by atoms with E-state index in [0.717, 1.165) is 23.3 Å². The van der Waals surface area contributed by atoms with Crippen LogP contribution < -0.4 is 9.47 Å². The van der Waals surface area contributed by atoms with Gasteiger partial charge in [-0.05, 0) is 73.7 Å². The number of carbonyl (C=O) groups is 1. The van der Waals surface area contributed by atoms with Crippen LogP contribution in [-0.2, 0) is 0 Å². The molecule has 0 atom stereocenters. The fourth-order valence-electron chi connectivity index (χ4n) is 2.26. The summed E-state index contributed by atoms with van der Waals surface area (Å²) in [5, 5.41) is 0. The van der Waals surface area contributed by atoms with E-state index in [1.165, 1.54) is 0 Å². The molecule has 0 saturated heterocycles. The molecule has 0 fully saturated rings. The van der Waals surface area contributed by atoms with Gasteiger partial charge in [0.05, 0.1) is 12.2 Å². The molecule has 0 heterocycles. The molecule has 0 saturated carbocycles. The Balaban J connectivity index is 1.97. The molecule has 0 aromatic heterocycles. The first-order valence-electron chi connectivity index (χ1n) is 7.97. The van der Waals surface area contributed by atoms with Crippen LogP contribution >= 0.6 is 0 Å². The zero-order valence-corrected chi connectivity index (χ0v) is 14.3. The summed E-state index contributed by atoms with van der Waals surface area (Å²) in [5.41, 5.74) is 2.66. The van der Waals surface area contributed by atoms with Crippen molar-refractivity contribution in [3.05, 3.63) is 59.2 Å². The highest BCUT2D eigenvalue weighted by atomic mass is 16.5. The van der Waals surface area contributed by atoms with Gasteiger partial charge < -0.3 is 9.47 Å². The minimum atomic E-state index is -0.358. The highest BCUT2D eigenvalue weighted by Gasteiger charge is 2.09. The maximum atomic E-state index is 12.2. The molecule has 2 aromatic carbocycles. The third-order valence-electron chi connectivity index (χ3n) is 3.46. The molecular formula is C20H24O3. The minimum Gasteiger partial charge on any atom is -0.494 e. The Hall–Kier alpha value is -2.29.